The van der Waals surface area contributed by atoms with Crippen molar-refractivity contribution in [3.05, 3.63) is 29.8 Å². The highest BCUT2D eigenvalue weighted by Gasteiger charge is 1.99. The van der Waals surface area contributed by atoms with Gasteiger partial charge in [0.2, 0.25) is 0 Å². The van der Waals surface area contributed by atoms with Crippen LogP contribution < -0.4 is 4.74 Å². The van der Waals surface area contributed by atoms with Gasteiger partial charge in [-0.2, -0.15) is 0 Å². The fourth-order valence-corrected chi connectivity index (χ4v) is 0.716. The lowest BCUT2D eigenvalue weighted by molar-refractivity contribution is 0.112. The highest BCUT2D eigenvalue weighted by molar-refractivity contribution is 5.79. The molecule has 0 amide bonds. The van der Waals surface area contributed by atoms with Crippen molar-refractivity contribution in [2.45, 2.75) is 0 Å². The second-order valence-corrected chi connectivity index (χ2v) is 1.84. The van der Waals surface area contributed by atoms with Crippen LogP contribution in [-0.4, -0.2) is 12.8 Å². The van der Waals surface area contributed by atoms with Gasteiger partial charge in [0.25, 0.3) is 0 Å². The zero-order chi connectivity index (χ0) is 8.10. The Kier molecular flexibility index (Phi) is 2.38. The molecule has 11 heavy (non-hydrogen) atoms. The van der Waals surface area contributed by atoms with Crippen LogP contribution in [0.3, 0.4) is 0 Å². The van der Waals surface area contributed by atoms with Crippen LogP contribution in [0.2, 0.25) is 0 Å². The highest BCUT2D eigenvalue weighted by atomic mass is 16.5. The van der Waals surface area contributed by atoms with E-state index in [-0.39, 0.29) is 5.75 Å². The molecule has 0 unspecified atom stereocenters. The molecule has 0 aliphatic carbocycles. The maximum absolute atomic E-state index is 10.3. The van der Waals surface area contributed by atoms with Crippen LogP contribution in [0.15, 0.2) is 24.3 Å². The minimum absolute atomic E-state index is 0.234. The first-order chi connectivity index (χ1) is 5.38. The van der Waals surface area contributed by atoms with E-state index in [9.17, 15) is 9.59 Å². The molecule has 1 aromatic carbocycles. The summed E-state index contributed by atoms with van der Waals surface area (Å²) in [6.45, 7) is 1.25. The molecule has 0 aromatic heterocycles. The third kappa shape index (κ3) is 1.64. The van der Waals surface area contributed by atoms with Crippen molar-refractivity contribution < 1.29 is 14.3 Å². The number of hydrogen-bond acceptors (Lipinski definition) is 3. The van der Waals surface area contributed by atoms with Crippen LogP contribution in [0.1, 0.15) is 10.4 Å². The predicted molar refractivity (Wildman–Crippen MR) is 38.2 cm³/mol. The summed E-state index contributed by atoms with van der Waals surface area (Å²) >= 11 is 0. The van der Waals surface area contributed by atoms with E-state index < -0.39 is 0 Å². The zero-order valence-electron chi connectivity index (χ0n) is 5.61. The molecule has 0 spiro atoms. The Morgan fingerprint density at radius 3 is 2.73 bits per heavy atom. The maximum atomic E-state index is 10.3. The van der Waals surface area contributed by atoms with Crippen molar-refractivity contribution >= 4 is 12.8 Å². The average molecular weight is 149 g/mol. The number of carbonyl (C=O) groups excluding carboxylic acids is 2. The first-order valence-corrected chi connectivity index (χ1v) is 2.96. The largest absolute Gasteiger partial charge is 0.423 e. The molecule has 1 radical (unpaired) electrons. The van der Waals surface area contributed by atoms with Crippen molar-refractivity contribution in [2.75, 3.05) is 0 Å². The minimum atomic E-state index is 0.234. The molecule has 0 bridgehead atoms. The summed E-state index contributed by atoms with van der Waals surface area (Å²) in [4.78, 5) is 20.1. The molecule has 0 fully saturated rings. The molecular weight excluding hydrogens is 144 g/mol. The highest BCUT2D eigenvalue weighted by Crippen LogP contribution is 2.14. The number of para-hydroxylation sites is 1. The summed E-state index contributed by atoms with van der Waals surface area (Å²) in [6, 6.07) is 6.43. The molecule has 0 N–H and O–H groups in total. The fourth-order valence-electron chi connectivity index (χ4n) is 0.716. The quantitative estimate of drug-likeness (QED) is 0.601. The van der Waals surface area contributed by atoms with Crippen molar-refractivity contribution in [1.29, 1.82) is 0 Å². The molecule has 1 rings (SSSR count). The number of aldehydes is 1. The second kappa shape index (κ2) is 3.51. The average Bonchev–Trinajstić information content (AvgIpc) is 2.06. The molecule has 0 aliphatic rings. The molecule has 0 saturated carbocycles. The number of carbonyl (C=O) groups is 1. The van der Waals surface area contributed by atoms with Gasteiger partial charge < -0.3 is 4.74 Å². The van der Waals surface area contributed by atoms with E-state index in [4.69, 9.17) is 0 Å². The van der Waals surface area contributed by atoms with Gasteiger partial charge in [0.15, 0.2) is 6.29 Å². The molecular formula is C8H5O3. The summed E-state index contributed by atoms with van der Waals surface area (Å²) in [6.07, 6.45) is 0.618. The lowest BCUT2D eigenvalue weighted by Gasteiger charge is -1.97. The summed E-state index contributed by atoms with van der Waals surface area (Å²) in [5.74, 6) is 0.234. The van der Waals surface area contributed by atoms with E-state index in [1.807, 2.05) is 0 Å². The van der Waals surface area contributed by atoms with E-state index >= 15 is 0 Å². The topological polar surface area (TPSA) is 43.4 Å². The van der Waals surface area contributed by atoms with E-state index in [1.165, 1.54) is 12.5 Å². The number of ether oxygens (including phenoxy) is 1. The van der Waals surface area contributed by atoms with Gasteiger partial charge in [-0.25, -0.2) is 4.79 Å². The Bertz CT molecular complexity index is 268. The Morgan fingerprint density at radius 1 is 1.36 bits per heavy atom. The van der Waals surface area contributed by atoms with Crippen LogP contribution in [0.5, 0.6) is 5.75 Å². The molecule has 1 aromatic rings. The second-order valence-electron chi connectivity index (χ2n) is 1.84. The smallest absolute Gasteiger partial charge is 0.417 e. The van der Waals surface area contributed by atoms with Gasteiger partial charge in [0.05, 0.1) is 5.56 Å². The van der Waals surface area contributed by atoms with Gasteiger partial charge in [-0.15, -0.1) is 0 Å². The molecule has 3 nitrogen and oxygen atoms in total. The van der Waals surface area contributed by atoms with E-state index in [2.05, 4.69) is 4.74 Å². The Balaban J connectivity index is 3.01. The lowest BCUT2D eigenvalue weighted by atomic mass is 10.2. The van der Waals surface area contributed by atoms with Gasteiger partial charge in [0, 0.05) is 0 Å². The van der Waals surface area contributed by atoms with E-state index in [0.717, 1.165) is 0 Å². The van der Waals surface area contributed by atoms with Gasteiger partial charge in [-0.05, 0) is 12.1 Å². The fraction of sp³-hybridized carbons (Fsp3) is 0. The summed E-state index contributed by atoms with van der Waals surface area (Å²) < 4.78 is 4.39. The predicted octanol–water partition coefficient (Wildman–Crippen LogP) is 0.945. The molecule has 55 valence electrons. The number of benzene rings is 1. The molecule has 0 heterocycles. The van der Waals surface area contributed by atoms with Crippen LogP contribution >= 0.6 is 0 Å². The lowest BCUT2D eigenvalue weighted by Crippen LogP contribution is -1.92. The molecule has 3 heteroatoms. The van der Waals surface area contributed by atoms with Gasteiger partial charge in [-0.1, -0.05) is 12.1 Å². The van der Waals surface area contributed by atoms with Crippen LogP contribution in [0.25, 0.3) is 0 Å². The van der Waals surface area contributed by atoms with E-state index in [1.54, 1.807) is 18.2 Å². The SMILES string of the molecule is O=[C]Oc1ccccc1C=O. The summed E-state index contributed by atoms with van der Waals surface area (Å²) in [5, 5.41) is 0. The monoisotopic (exact) mass is 149 g/mol. The Morgan fingerprint density at radius 2 is 2.09 bits per heavy atom. The normalized spacial score (nSPS) is 8.73. The first kappa shape index (κ1) is 7.47. The minimum Gasteiger partial charge on any atom is -0.417 e. The maximum Gasteiger partial charge on any atom is 0.423 e. The summed E-state index contributed by atoms with van der Waals surface area (Å²) in [5.41, 5.74) is 0.343. The van der Waals surface area contributed by atoms with Crippen molar-refractivity contribution in [1.82, 2.24) is 0 Å². The molecule has 0 aliphatic heterocycles. The Hall–Kier alpha value is -1.64. The van der Waals surface area contributed by atoms with Crippen molar-refractivity contribution in [3.63, 3.8) is 0 Å². The third-order valence-electron chi connectivity index (χ3n) is 1.20. The van der Waals surface area contributed by atoms with E-state index in [0.29, 0.717) is 11.8 Å². The third-order valence-corrected chi connectivity index (χ3v) is 1.20. The van der Waals surface area contributed by atoms with Crippen LogP contribution in [0, 0.1) is 0 Å². The van der Waals surface area contributed by atoms with Crippen molar-refractivity contribution in [2.24, 2.45) is 0 Å². The standard InChI is InChI=1S/C8H5O3/c9-5-7-3-1-2-4-8(7)11-6-10/h1-5H. The van der Waals surface area contributed by atoms with Gasteiger partial charge in [0.1, 0.15) is 5.75 Å². The number of rotatable bonds is 3. The van der Waals surface area contributed by atoms with Gasteiger partial charge in [-0.3, -0.25) is 4.79 Å². The van der Waals surface area contributed by atoms with Crippen molar-refractivity contribution in [3.8, 4) is 5.75 Å². The molecule has 0 saturated heterocycles. The van der Waals surface area contributed by atoms with Gasteiger partial charge >= 0.3 is 6.47 Å². The summed E-state index contributed by atoms with van der Waals surface area (Å²) in [7, 11) is 0. The van der Waals surface area contributed by atoms with Crippen LogP contribution in [0.4, 0.5) is 0 Å². The van der Waals surface area contributed by atoms with Crippen LogP contribution in [-0.2, 0) is 4.79 Å². The zero-order valence-corrected chi connectivity index (χ0v) is 5.61. The first-order valence-electron chi connectivity index (χ1n) is 2.96. The number of hydrogen-bond donors (Lipinski definition) is 0. The Labute approximate surface area is 63.6 Å². The molecule has 0 atom stereocenters.